The van der Waals surface area contributed by atoms with E-state index in [2.05, 4.69) is 20.5 Å². The first-order valence-electron chi connectivity index (χ1n) is 17.2. The standard InChI is InChI=1S/C40H43N5O6/c1-26-11-12-29(23-28(26)24-41-25-36(47)32-13-15-35(46)39-33(32)14-16-37(48)43-39)42-38(49)19-22-44-20-17-30(18-21-44)45(40(50)51)34-10-6-5-9-31(34)27-7-3-2-4-8-27/h2-16,23,30,36,41,46-47H,17-22,24-25H2,1H3,(H,42,49)(H,43,48)(H,50,51)/t36-/m0/s1. The van der Waals surface area contributed by atoms with E-state index in [4.69, 9.17) is 0 Å². The molecule has 1 aliphatic rings. The lowest BCUT2D eigenvalue weighted by molar-refractivity contribution is -0.116. The number of phenols is 1. The quantitative estimate of drug-likeness (QED) is 0.0930. The molecular formula is C40H43N5O6. The molecule has 1 aliphatic heterocycles. The number of anilines is 2. The van der Waals surface area contributed by atoms with Crippen molar-refractivity contribution >= 4 is 34.3 Å². The second-order valence-electron chi connectivity index (χ2n) is 13.0. The van der Waals surface area contributed by atoms with Gasteiger partial charge in [0.1, 0.15) is 5.75 Å². The normalized spacial score (nSPS) is 14.3. The van der Waals surface area contributed by atoms with Crippen LogP contribution in [0, 0.1) is 6.92 Å². The Morgan fingerprint density at radius 2 is 1.71 bits per heavy atom. The van der Waals surface area contributed by atoms with Gasteiger partial charge in [0.2, 0.25) is 11.5 Å². The van der Waals surface area contributed by atoms with E-state index in [1.807, 2.05) is 79.7 Å². The number of H-pyrrole nitrogens is 1. The minimum atomic E-state index is -0.968. The number of carboxylic acid groups (broad SMARTS) is 1. The number of nitrogens with zero attached hydrogens (tertiary/aromatic N) is 2. The number of aryl methyl sites for hydroxylation is 1. The molecule has 0 saturated carbocycles. The van der Waals surface area contributed by atoms with Crippen LogP contribution < -0.4 is 21.1 Å². The Balaban J connectivity index is 0.991. The van der Waals surface area contributed by atoms with Crippen LogP contribution in [0.3, 0.4) is 0 Å². The molecule has 4 aromatic carbocycles. The molecule has 6 rings (SSSR count). The highest BCUT2D eigenvalue weighted by molar-refractivity contribution is 5.93. The van der Waals surface area contributed by atoms with Crippen molar-refractivity contribution in [3.05, 3.63) is 124 Å². The fourth-order valence-electron chi connectivity index (χ4n) is 6.83. The molecule has 1 aromatic heterocycles. The van der Waals surface area contributed by atoms with Crippen LogP contribution in [0.15, 0.2) is 102 Å². The van der Waals surface area contributed by atoms with Crippen molar-refractivity contribution < 1.29 is 24.9 Å². The predicted octanol–water partition coefficient (Wildman–Crippen LogP) is 6.01. The summed E-state index contributed by atoms with van der Waals surface area (Å²) in [6, 6.07) is 29.1. The third kappa shape index (κ3) is 8.46. The number of carbonyl (C=O) groups is 2. The van der Waals surface area contributed by atoms with Crippen LogP contribution in [-0.2, 0) is 11.3 Å². The first-order chi connectivity index (χ1) is 24.7. The molecule has 11 heteroatoms. The van der Waals surface area contributed by atoms with Gasteiger partial charge >= 0.3 is 6.09 Å². The molecule has 6 N–H and O–H groups in total. The lowest BCUT2D eigenvalue weighted by Crippen LogP contribution is -2.47. The predicted molar refractivity (Wildman–Crippen MR) is 199 cm³/mol. The molecule has 264 valence electrons. The number of phenolic OH excluding ortho intramolecular Hbond substituents is 1. The number of aliphatic hydroxyl groups is 1. The molecule has 1 fully saturated rings. The summed E-state index contributed by atoms with van der Waals surface area (Å²) < 4.78 is 0. The molecule has 2 heterocycles. The number of amides is 2. The van der Waals surface area contributed by atoms with Gasteiger partial charge in [-0.2, -0.15) is 0 Å². The van der Waals surface area contributed by atoms with Crippen molar-refractivity contribution in [2.45, 2.75) is 44.9 Å². The Morgan fingerprint density at radius 3 is 2.47 bits per heavy atom. The minimum Gasteiger partial charge on any atom is -0.506 e. The summed E-state index contributed by atoms with van der Waals surface area (Å²) in [5.74, 6) is -0.161. The van der Waals surface area contributed by atoms with E-state index in [0.717, 1.165) is 22.3 Å². The summed E-state index contributed by atoms with van der Waals surface area (Å²) in [5.41, 5.74) is 5.76. The van der Waals surface area contributed by atoms with Crippen LogP contribution in [0.25, 0.3) is 22.0 Å². The van der Waals surface area contributed by atoms with Gasteiger partial charge in [-0.3, -0.25) is 14.5 Å². The third-order valence-electron chi connectivity index (χ3n) is 9.58. The molecule has 51 heavy (non-hydrogen) atoms. The average molecular weight is 690 g/mol. The topological polar surface area (TPSA) is 158 Å². The zero-order valence-electron chi connectivity index (χ0n) is 28.5. The Morgan fingerprint density at radius 1 is 0.961 bits per heavy atom. The zero-order valence-corrected chi connectivity index (χ0v) is 28.5. The van der Waals surface area contributed by atoms with Gasteiger partial charge in [0.15, 0.2) is 0 Å². The van der Waals surface area contributed by atoms with E-state index < -0.39 is 12.2 Å². The van der Waals surface area contributed by atoms with E-state index in [-0.39, 0.29) is 35.3 Å². The Bertz CT molecular complexity index is 2060. The van der Waals surface area contributed by atoms with Crippen molar-refractivity contribution in [1.82, 2.24) is 15.2 Å². The van der Waals surface area contributed by atoms with Crippen LogP contribution in [0.1, 0.15) is 42.1 Å². The van der Waals surface area contributed by atoms with E-state index in [1.54, 1.807) is 12.1 Å². The molecular weight excluding hydrogens is 646 g/mol. The number of carbonyl (C=O) groups excluding carboxylic acids is 1. The molecule has 5 aromatic rings. The summed E-state index contributed by atoms with van der Waals surface area (Å²) in [5, 5.41) is 38.2. The lowest BCUT2D eigenvalue weighted by atomic mass is 9.98. The monoisotopic (exact) mass is 689 g/mol. The van der Waals surface area contributed by atoms with Gasteiger partial charge in [0.05, 0.1) is 17.3 Å². The Labute approximate surface area is 296 Å². The van der Waals surface area contributed by atoms with Crippen molar-refractivity contribution in [2.24, 2.45) is 0 Å². The van der Waals surface area contributed by atoms with Crippen molar-refractivity contribution in [3.63, 3.8) is 0 Å². The summed E-state index contributed by atoms with van der Waals surface area (Å²) in [6.45, 7) is 4.63. The van der Waals surface area contributed by atoms with E-state index in [0.29, 0.717) is 67.8 Å². The second-order valence-corrected chi connectivity index (χ2v) is 13.0. The number of nitrogens with one attached hydrogen (secondary N) is 3. The van der Waals surface area contributed by atoms with Gasteiger partial charge in [0.25, 0.3) is 0 Å². The first-order valence-corrected chi connectivity index (χ1v) is 17.2. The smallest absolute Gasteiger partial charge is 0.412 e. The maximum absolute atomic E-state index is 13.0. The van der Waals surface area contributed by atoms with Crippen LogP contribution in [0.5, 0.6) is 5.75 Å². The van der Waals surface area contributed by atoms with Gasteiger partial charge in [-0.1, -0.05) is 60.7 Å². The van der Waals surface area contributed by atoms with Crippen LogP contribution in [0.2, 0.25) is 0 Å². The highest BCUT2D eigenvalue weighted by Gasteiger charge is 2.30. The number of aromatic nitrogens is 1. The van der Waals surface area contributed by atoms with Crippen LogP contribution in [0.4, 0.5) is 16.2 Å². The number of piperidine rings is 1. The average Bonchev–Trinajstić information content (AvgIpc) is 3.13. The number of pyridine rings is 1. The number of benzene rings is 4. The SMILES string of the molecule is Cc1ccc(NC(=O)CCN2CCC(N(C(=O)O)c3ccccc3-c3ccccc3)CC2)cc1CNC[C@H](O)c1ccc(O)c2[nH]c(=O)ccc12. The maximum atomic E-state index is 13.0. The number of aliphatic hydroxyl groups excluding tert-OH is 1. The fourth-order valence-corrected chi connectivity index (χ4v) is 6.83. The number of fused-ring (bicyclic) bond motifs is 1. The molecule has 0 aliphatic carbocycles. The lowest BCUT2D eigenvalue weighted by Gasteiger charge is -2.37. The maximum Gasteiger partial charge on any atom is 0.412 e. The number of aromatic hydroxyl groups is 1. The molecule has 0 spiro atoms. The van der Waals surface area contributed by atoms with E-state index in [1.165, 1.54) is 17.0 Å². The number of likely N-dealkylation sites (tertiary alicyclic amines) is 1. The van der Waals surface area contributed by atoms with Gasteiger partial charge in [-0.25, -0.2) is 4.79 Å². The number of rotatable bonds is 12. The summed E-state index contributed by atoms with van der Waals surface area (Å²) >= 11 is 0. The molecule has 0 bridgehead atoms. The molecule has 0 radical (unpaired) electrons. The van der Waals surface area contributed by atoms with Crippen LogP contribution in [-0.4, -0.2) is 69.4 Å². The van der Waals surface area contributed by atoms with Crippen molar-refractivity contribution in [1.29, 1.82) is 0 Å². The third-order valence-corrected chi connectivity index (χ3v) is 9.58. The first kappa shape index (κ1) is 35.3. The Hall–Kier alpha value is -5.49. The summed E-state index contributed by atoms with van der Waals surface area (Å²) in [7, 11) is 0. The van der Waals surface area contributed by atoms with Crippen molar-refractivity contribution in [2.75, 3.05) is 36.4 Å². The van der Waals surface area contributed by atoms with Gasteiger partial charge in [0, 0.05) is 67.9 Å². The summed E-state index contributed by atoms with van der Waals surface area (Å²) in [6.07, 6.45) is -0.205. The Kier molecular flexibility index (Phi) is 11.1. The highest BCUT2D eigenvalue weighted by Crippen LogP contribution is 2.34. The number of aromatic amines is 1. The number of hydrogen-bond donors (Lipinski definition) is 6. The minimum absolute atomic E-state index is 0.0608. The molecule has 1 atom stereocenters. The van der Waals surface area contributed by atoms with Gasteiger partial charge < -0.3 is 35.8 Å². The highest BCUT2D eigenvalue weighted by atomic mass is 16.4. The van der Waals surface area contributed by atoms with E-state index >= 15 is 0 Å². The second kappa shape index (κ2) is 16.0. The molecule has 1 saturated heterocycles. The molecule has 2 amide bonds. The van der Waals surface area contributed by atoms with Crippen molar-refractivity contribution in [3.8, 4) is 16.9 Å². The van der Waals surface area contributed by atoms with Gasteiger partial charge in [-0.15, -0.1) is 0 Å². The number of hydrogen-bond acceptors (Lipinski definition) is 7. The summed E-state index contributed by atoms with van der Waals surface area (Å²) in [4.78, 5) is 43.6. The zero-order chi connectivity index (χ0) is 35.9. The number of para-hydroxylation sites is 1. The molecule has 0 unspecified atom stereocenters. The van der Waals surface area contributed by atoms with E-state index in [9.17, 15) is 29.7 Å². The molecule has 11 nitrogen and oxygen atoms in total. The fraction of sp³-hybridized carbons (Fsp3) is 0.275. The van der Waals surface area contributed by atoms with Crippen LogP contribution >= 0.6 is 0 Å². The largest absolute Gasteiger partial charge is 0.506 e. The van der Waals surface area contributed by atoms with Gasteiger partial charge in [-0.05, 0) is 72.4 Å².